The standard InChI is InChI=1S/C13H12F2N4S/c1-3-18-12-11(7(2)17-18)16-13(20)19(12)8-4-5-9(14)10(15)6-8/h4-6H,3H2,1-2H3,(H,16,20). The third kappa shape index (κ3) is 1.77. The van der Waals surface area contributed by atoms with E-state index in [-0.39, 0.29) is 0 Å². The van der Waals surface area contributed by atoms with Gasteiger partial charge in [-0.15, -0.1) is 0 Å². The van der Waals surface area contributed by atoms with Gasteiger partial charge in [-0.05, 0) is 38.2 Å². The highest BCUT2D eigenvalue weighted by atomic mass is 32.1. The van der Waals surface area contributed by atoms with Crippen molar-refractivity contribution in [1.82, 2.24) is 19.3 Å². The smallest absolute Gasteiger partial charge is 0.184 e. The number of benzene rings is 1. The summed E-state index contributed by atoms with van der Waals surface area (Å²) >= 11 is 5.28. The first-order valence-electron chi connectivity index (χ1n) is 6.16. The van der Waals surface area contributed by atoms with Crippen LogP contribution in [0.5, 0.6) is 0 Å². The van der Waals surface area contributed by atoms with Gasteiger partial charge in [-0.25, -0.2) is 13.5 Å². The van der Waals surface area contributed by atoms with Crippen LogP contribution < -0.4 is 0 Å². The van der Waals surface area contributed by atoms with Gasteiger partial charge in [0, 0.05) is 12.6 Å². The lowest BCUT2D eigenvalue weighted by molar-refractivity contribution is 0.508. The summed E-state index contributed by atoms with van der Waals surface area (Å²) in [5, 5.41) is 4.39. The molecule has 4 nitrogen and oxygen atoms in total. The van der Waals surface area contributed by atoms with Gasteiger partial charge in [0.25, 0.3) is 0 Å². The quantitative estimate of drug-likeness (QED) is 0.735. The van der Waals surface area contributed by atoms with Gasteiger partial charge >= 0.3 is 0 Å². The SMILES string of the molecule is CCn1nc(C)c2[nH]c(=S)n(-c3ccc(F)c(F)c3)c21. The molecule has 0 aliphatic carbocycles. The Morgan fingerprint density at radius 2 is 2.05 bits per heavy atom. The lowest BCUT2D eigenvalue weighted by Crippen LogP contribution is -2.04. The molecule has 7 heteroatoms. The molecule has 0 fully saturated rings. The van der Waals surface area contributed by atoms with Gasteiger partial charge in [0.15, 0.2) is 22.1 Å². The summed E-state index contributed by atoms with van der Waals surface area (Å²) in [5.74, 6) is -1.79. The maximum absolute atomic E-state index is 13.4. The minimum atomic E-state index is -0.905. The first-order valence-corrected chi connectivity index (χ1v) is 6.57. The zero-order valence-corrected chi connectivity index (χ0v) is 11.8. The number of imidazole rings is 1. The van der Waals surface area contributed by atoms with Gasteiger partial charge in [0.1, 0.15) is 5.52 Å². The number of aromatic nitrogens is 4. The van der Waals surface area contributed by atoms with Gasteiger partial charge in [-0.3, -0.25) is 4.57 Å². The van der Waals surface area contributed by atoms with E-state index in [1.54, 1.807) is 9.25 Å². The Hall–Kier alpha value is -2.02. The molecule has 0 saturated carbocycles. The number of halogens is 2. The maximum Gasteiger partial charge on any atom is 0.184 e. The number of aromatic amines is 1. The second-order valence-corrected chi connectivity index (χ2v) is 4.85. The van der Waals surface area contributed by atoms with Crippen LogP contribution in [0, 0.1) is 23.3 Å². The summed E-state index contributed by atoms with van der Waals surface area (Å²) in [4.78, 5) is 3.06. The predicted octanol–water partition coefficient (Wildman–Crippen LogP) is 3.49. The van der Waals surface area contributed by atoms with E-state index in [1.165, 1.54) is 6.07 Å². The molecule has 0 saturated heterocycles. The van der Waals surface area contributed by atoms with Gasteiger partial charge < -0.3 is 4.98 Å². The number of hydrogen-bond acceptors (Lipinski definition) is 2. The molecular weight excluding hydrogens is 282 g/mol. The minimum Gasteiger partial charge on any atom is -0.327 e. The van der Waals surface area contributed by atoms with Crippen molar-refractivity contribution in [3.05, 3.63) is 40.3 Å². The van der Waals surface area contributed by atoms with Crippen molar-refractivity contribution >= 4 is 23.4 Å². The summed E-state index contributed by atoms with van der Waals surface area (Å²) in [6.07, 6.45) is 0. The van der Waals surface area contributed by atoms with Crippen LogP contribution in [-0.2, 0) is 6.54 Å². The first kappa shape index (κ1) is 13.0. The zero-order valence-electron chi connectivity index (χ0n) is 10.9. The number of hydrogen-bond donors (Lipinski definition) is 1. The minimum absolute atomic E-state index is 0.425. The number of nitrogens with zero attached hydrogens (tertiary/aromatic N) is 3. The molecule has 0 unspecified atom stereocenters. The summed E-state index contributed by atoms with van der Waals surface area (Å²) in [5.41, 5.74) is 2.84. The van der Waals surface area contributed by atoms with Crippen molar-refractivity contribution in [2.45, 2.75) is 20.4 Å². The molecular formula is C13H12F2N4S. The van der Waals surface area contributed by atoms with Gasteiger partial charge in [-0.1, -0.05) is 0 Å². The second-order valence-electron chi connectivity index (χ2n) is 4.46. The maximum atomic E-state index is 13.4. The Kier molecular flexibility index (Phi) is 2.93. The second kappa shape index (κ2) is 4.52. The van der Waals surface area contributed by atoms with Gasteiger partial charge in [0.05, 0.1) is 11.4 Å². The molecule has 1 aromatic carbocycles. The Bertz CT molecular complexity index is 859. The van der Waals surface area contributed by atoms with Crippen molar-refractivity contribution in [2.75, 3.05) is 0 Å². The van der Waals surface area contributed by atoms with Crippen molar-refractivity contribution in [3.63, 3.8) is 0 Å². The summed E-state index contributed by atoms with van der Waals surface area (Å²) in [6.45, 7) is 4.48. The van der Waals surface area contributed by atoms with Crippen LogP contribution in [0.2, 0.25) is 0 Å². The van der Waals surface area contributed by atoms with E-state index in [2.05, 4.69) is 10.1 Å². The monoisotopic (exact) mass is 294 g/mol. The fourth-order valence-electron chi connectivity index (χ4n) is 2.29. The Morgan fingerprint density at radius 1 is 1.30 bits per heavy atom. The van der Waals surface area contributed by atoms with E-state index in [4.69, 9.17) is 12.2 Å². The molecule has 0 bridgehead atoms. The van der Waals surface area contributed by atoms with Crippen LogP contribution in [0.3, 0.4) is 0 Å². The lowest BCUT2D eigenvalue weighted by Gasteiger charge is -2.06. The molecule has 0 spiro atoms. The topological polar surface area (TPSA) is 38.5 Å². The molecule has 2 heterocycles. The normalized spacial score (nSPS) is 11.4. The Balaban J connectivity index is 2.37. The van der Waals surface area contributed by atoms with Gasteiger partial charge in [-0.2, -0.15) is 5.10 Å². The number of aryl methyl sites for hydroxylation is 2. The number of rotatable bonds is 2. The molecule has 0 aliphatic rings. The fourth-order valence-corrected chi connectivity index (χ4v) is 2.58. The molecule has 3 aromatic rings. The van der Waals surface area contributed by atoms with Crippen LogP contribution in [0.15, 0.2) is 18.2 Å². The average molecular weight is 294 g/mol. The van der Waals surface area contributed by atoms with Crippen molar-refractivity contribution in [1.29, 1.82) is 0 Å². The average Bonchev–Trinajstić information content (AvgIpc) is 2.90. The van der Waals surface area contributed by atoms with Gasteiger partial charge in [0.2, 0.25) is 0 Å². The molecule has 104 valence electrons. The Labute approximate surface area is 118 Å². The molecule has 0 amide bonds. The summed E-state index contributed by atoms with van der Waals surface area (Å²) < 4.78 is 30.4. The van der Waals surface area contributed by atoms with Crippen molar-refractivity contribution in [2.24, 2.45) is 0 Å². The summed E-state index contributed by atoms with van der Waals surface area (Å²) in [6, 6.07) is 3.70. The number of nitrogens with one attached hydrogen (secondary N) is 1. The first-order chi connectivity index (χ1) is 9.52. The van der Waals surface area contributed by atoms with E-state index in [0.717, 1.165) is 29.0 Å². The molecule has 0 aliphatic heterocycles. The third-order valence-electron chi connectivity index (χ3n) is 3.21. The number of H-pyrrole nitrogens is 1. The van der Waals surface area contributed by atoms with Crippen LogP contribution in [-0.4, -0.2) is 19.3 Å². The number of fused-ring (bicyclic) bond motifs is 1. The largest absolute Gasteiger partial charge is 0.327 e. The molecule has 0 radical (unpaired) electrons. The van der Waals surface area contributed by atoms with Crippen LogP contribution >= 0.6 is 12.2 Å². The van der Waals surface area contributed by atoms with E-state index in [0.29, 0.717) is 17.0 Å². The highest BCUT2D eigenvalue weighted by Crippen LogP contribution is 2.23. The van der Waals surface area contributed by atoms with Crippen molar-refractivity contribution in [3.8, 4) is 5.69 Å². The van der Waals surface area contributed by atoms with E-state index in [9.17, 15) is 8.78 Å². The third-order valence-corrected chi connectivity index (χ3v) is 3.49. The molecule has 20 heavy (non-hydrogen) atoms. The fraction of sp³-hybridized carbons (Fsp3) is 0.231. The zero-order chi connectivity index (χ0) is 14.4. The van der Waals surface area contributed by atoms with E-state index in [1.807, 2.05) is 13.8 Å². The highest BCUT2D eigenvalue weighted by Gasteiger charge is 2.16. The molecule has 1 N–H and O–H groups in total. The Morgan fingerprint density at radius 3 is 2.70 bits per heavy atom. The highest BCUT2D eigenvalue weighted by molar-refractivity contribution is 7.71. The lowest BCUT2D eigenvalue weighted by atomic mass is 10.3. The van der Waals surface area contributed by atoms with Crippen LogP contribution in [0.25, 0.3) is 16.9 Å². The van der Waals surface area contributed by atoms with E-state index < -0.39 is 11.6 Å². The molecule has 0 atom stereocenters. The molecule has 3 rings (SSSR count). The van der Waals surface area contributed by atoms with Crippen LogP contribution in [0.1, 0.15) is 12.6 Å². The molecule has 2 aromatic heterocycles. The van der Waals surface area contributed by atoms with E-state index >= 15 is 0 Å². The predicted molar refractivity (Wildman–Crippen MR) is 74.6 cm³/mol. The summed E-state index contributed by atoms with van der Waals surface area (Å²) in [7, 11) is 0. The van der Waals surface area contributed by atoms with Crippen LogP contribution in [0.4, 0.5) is 8.78 Å². The van der Waals surface area contributed by atoms with Crippen molar-refractivity contribution < 1.29 is 8.78 Å².